The maximum Gasteiger partial charge on any atom is 0.309 e. The Hall–Kier alpha value is -3.90. The summed E-state index contributed by atoms with van der Waals surface area (Å²) in [6.45, 7) is 22.3. The second-order valence-electron chi connectivity index (χ2n) is 17.7. The third-order valence-electron chi connectivity index (χ3n) is 11.2. The number of nitrogens with zero attached hydrogens (tertiary/aromatic N) is 3. The van der Waals surface area contributed by atoms with Gasteiger partial charge in [-0.15, -0.1) is 0 Å². The van der Waals surface area contributed by atoms with Gasteiger partial charge in [0.25, 0.3) is 0 Å². The Morgan fingerprint density at radius 3 is 1.83 bits per heavy atom. The molecule has 0 bridgehead atoms. The minimum absolute atomic E-state index is 0.0452. The average Bonchev–Trinajstić information content (AvgIpc) is 3.16. The molecule has 11 nitrogen and oxygen atoms in total. The topological polar surface area (TPSA) is 125 Å². The predicted octanol–water partition coefficient (Wildman–Crippen LogP) is 7.78. The number of benzene rings is 2. The van der Waals surface area contributed by atoms with Crippen LogP contribution >= 0.6 is 0 Å². The number of ether oxygens (including phenoxy) is 3. The van der Waals surface area contributed by atoms with Gasteiger partial charge in [-0.1, -0.05) is 23.3 Å². The lowest BCUT2D eigenvalue weighted by molar-refractivity contribution is -0.161. The largest absolute Gasteiger partial charge is 0.507 e. The van der Waals surface area contributed by atoms with Crippen LogP contribution in [0, 0.1) is 5.92 Å². The number of piperidine rings is 1. The smallest absolute Gasteiger partial charge is 0.309 e. The summed E-state index contributed by atoms with van der Waals surface area (Å²) in [5.41, 5.74) is 3.65. The molecule has 0 spiro atoms. The first kappa shape index (κ1) is 45.2. The SMILES string of the molecule is CC(C)=CCc1c(OCCCCN2CCN(C)CC2)cc2oc3cc(OCCCCN4CCC(C(=O)OC(C)(C)C)CC4)c(CO)c(CC=C(C)C)c3c(=O)c2c1O. The number of hydrogen-bond acceptors (Lipinski definition) is 11. The van der Waals surface area contributed by atoms with Gasteiger partial charge in [-0.05, 0) is 139 Å². The van der Waals surface area contributed by atoms with Crippen molar-refractivity contribution in [3.05, 3.63) is 62.3 Å². The first-order valence-electron chi connectivity index (χ1n) is 21.4. The van der Waals surface area contributed by atoms with E-state index in [0.29, 0.717) is 65.2 Å². The second-order valence-corrected chi connectivity index (χ2v) is 17.7. The fraction of sp³-hybridized carbons (Fsp3) is 0.617. The van der Waals surface area contributed by atoms with Crippen LogP contribution in [0.15, 0.2) is 44.6 Å². The molecule has 2 N–H and O–H groups in total. The van der Waals surface area contributed by atoms with Gasteiger partial charge in [0.1, 0.15) is 39.4 Å². The number of phenolic OH excluding ortho intramolecular Hbond substituents is 1. The number of likely N-dealkylation sites (tertiary alicyclic amines) is 1. The van der Waals surface area contributed by atoms with Crippen LogP contribution in [0.1, 0.15) is 104 Å². The van der Waals surface area contributed by atoms with Gasteiger partial charge in [0.05, 0.1) is 31.1 Å². The molecular formula is C47H69N3O8. The summed E-state index contributed by atoms with van der Waals surface area (Å²) < 4.78 is 24.8. The van der Waals surface area contributed by atoms with Crippen LogP contribution in [0.5, 0.6) is 17.2 Å². The number of aliphatic hydroxyl groups excluding tert-OH is 1. The quantitative estimate of drug-likeness (QED) is 0.0567. The number of hydrogen-bond donors (Lipinski definition) is 2. The van der Waals surface area contributed by atoms with Gasteiger partial charge in [0.2, 0.25) is 5.43 Å². The van der Waals surface area contributed by atoms with Crippen LogP contribution in [0.25, 0.3) is 21.9 Å². The maximum absolute atomic E-state index is 14.5. The molecular weight excluding hydrogens is 735 g/mol. The van der Waals surface area contributed by atoms with Crippen molar-refractivity contribution in [1.82, 2.24) is 14.7 Å². The van der Waals surface area contributed by atoms with Gasteiger partial charge in [0, 0.05) is 49.4 Å². The number of fused-ring (bicyclic) bond motifs is 2. The average molecular weight is 804 g/mol. The first-order chi connectivity index (χ1) is 27.6. The number of phenols is 1. The summed E-state index contributed by atoms with van der Waals surface area (Å²) in [5, 5.41) is 23.0. The minimum atomic E-state index is -0.471. The zero-order chi connectivity index (χ0) is 42.0. The number of unbranched alkanes of at least 4 members (excludes halogenated alkanes) is 2. The lowest BCUT2D eigenvalue weighted by Crippen LogP contribution is -2.44. The minimum Gasteiger partial charge on any atom is -0.507 e. The number of piperazine rings is 1. The van der Waals surface area contributed by atoms with Crippen molar-refractivity contribution in [2.75, 3.05) is 72.6 Å². The Morgan fingerprint density at radius 1 is 0.776 bits per heavy atom. The Labute approximate surface area is 345 Å². The number of aromatic hydroxyl groups is 1. The number of esters is 1. The maximum atomic E-state index is 14.5. The van der Waals surface area contributed by atoms with Gasteiger partial charge in [-0.25, -0.2) is 0 Å². The highest BCUT2D eigenvalue weighted by Gasteiger charge is 2.29. The molecule has 0 aliphatic carbocycles. The predicted molar refractivity (Wildman–Crippen MR) is 232 cm³/mol. The molecule has 0 unspecified atom stereocenters. The highest BCUT2D eigenvalue weighted by molar-refractivity contribution is 5.97. The molecule has 0 atom stereocenters. The van der Waals surface area contributed by atoms with E-state index in [-0.39, 0.29) is 40.6 Å². The van der Waals surface area contributed by atoms with Crippen LogP contribution in [0.4, 0.5) is 0 Å². The Balaban J connectivity index is 1.35. The fourth-order valence-electron chi connectivity index (χ4n) is 7.82. The molecule has 2 saturated heterocycles. The molecule has 3 aromatic rings. The van der Waals surface area contributed by atoms with Crippen LogP contribution in [-0.2, 0) is 29.0 Å². The van der Waals surface area contributed by atoms with Crippen molar-refractivity contribution in [3.63, 3.8) is 0 Å². The van der Waals surface area contributed by atoms with E-state index >= 15 is 0 Å². The summed E-state index contributed by atoms with van der Waals surface area (Å²) >= 11 is 0. The van der Waals surface area contributed by atoms with E-state index in [2.05, 4.69) is 21.7 Å². The van der Waals surface area contributed by atoms with Crippen molar-refractivity contribution in [2.45, 2.75) is 112 Å². The molecule has 11 heteroatoms. The van der Waals surface area contributed by atoms with Gasteiger partial charge in [-0.2, -0.15) is 0 Å². The fourth-order valence-corrected chi connectivity index (χ4v) is 7.82. The Bertz CT molecular complexity index is 1970. The van der Waals surface area contributed by atoms with E-state index in [1.807, 2.05) is 60.6 Å². The third-order valence-corrected chi connectivity index (χ3v) is 11.2. The van der Waals surface area contributed by atoms with Gasteiger partial charge in [-0.3, -0.25) is 9.59 Å². The summed E-state index contributed by atoms with van der Waals surface area (Å²) in [6, 6.07) is 3.46. The molecule has 1 aromatic heterocycles. The molecule has 0 amide bonds. The molecule has 2 aromatic carbocycles. The highest BCUT2D eigenvalue weighted by atomic mass is 16.6. The molecule has 5 rings (SSSR count). The van der Waals surface area contributed by atoms with E-state index in [0.717, 1.165) is 102 Å². The zero-order valence-electron chi connectivity index (χ0n) is 36.5. The lowest BCUT2D eigenvalue weighted by atomic mass is 9.95. The van der Waals surface area contributed by atoms with E-state index in [9.17, 15) is 19.8 Å². The second kappa shape index (κ2) is 20.9. The monoisotopic (exact) mass is 804 g/mol. The summed E-state index contributed by atoms with van der Waals surface area (Å²) in [4.78, 5) is 34.3. The third kappa shape index (κ3) is 12.3. The zero-order valence-corrected chi connectivity index (χ0v) is 36.5. The van der Waals surface area contributed by atoms with Gasteiger partial charge >= 0.3 is 5.97 Å². The molecule has 320 valence electrons. The number of allylic oxidation sites excluding steroid dienone is 4. The number of likely N-dealkylation sites (N-methyl/N-ethyl adjacent to an activating group) is 1. The van der Waals surface area contributed by atoms with E-state index < -0.39 is 5.60 Å². The molecule has 3 heterocycles. The number of rotatable bonds is 18. The van der Waals surface area contributed by atoms with Crippen LogP contribution in [0.2, 0.25) is 0 Å². The normalized spacial score (nSPS) is 16.2. The Morgan fingerprint density at radius 2 is 1.29 bits per heavy atom. The first-order valence-corrected chi connectivity index (χ1v) is 21.4. The summed E-state index contributed by atoms with van der Waals surface area (Å²) in [6.07, 6.45) is 10.0. The van der Waals surface area contributed by atoms with Crippen molar-refractivity contribution >= 4 is 27.9 Å². The van der Waals surface area contributed by atoms with Crippen LogP contribution in [0.3, 0.4) is 0 Å². The van der Waals surface area contributed by atoms with Crippen molar-refractivity contribution in [1.29, 1.82) is 0 Å². The number of carbonyl (C=O) groups is 1. The molecule has 0 saturated carbocycles. The van der Waals surface area contributed by atoms with E-state index in [1.54, 1.807) is 12.1 Å². The Kier molecular flexibility index (Phi) is 16.3. The molecule has 58 heavy (non-hydrogen) atoms. The number of aliphatic hydroxyl groups is 1. The van der Waals surface area contributed by atoms with Gasteiger partial charge < -0.3 is 43.5 Å². The molecule has 2 aliphatic heterocycles. The molecule has 2 fully saturated rings. The van der Waals surface area contributed by atoms with Crippen LogP contribution < -0.4 is 14.9 Å². The summed E-state index contributed by atoms with van der Waals surface area (Å²) in [7, 11) is 2.16. The summed E-state index contributed by atoms with van der Waals surface area (Å²) in [5.74, 6) is 0.712. The number of carbonyl (C=O) groups excluding carboxylic acids is 1. The van der Waals surface area contributed by atoms with E-state index in [1.165, 1.54) is 0 Å². The van der Waals surface area contributed by atoms with Crippen LogP contribution in [-0.4, -0.2) is 109 Å². The van der Waals surface area contributed by atoms with Crippen molar-refractivity contribution in [2.24, 2.45) is 5.92 Å². The lowest BCUT2D eigenvalue weighted by Gasteiger charge is -2.32. The van der Waals surface area contributed by atoms with Gasteiger partial charge in [0.15, 0.2) is 0 Å². The molecule has 0 radical (unpaired) electrons. The van der Waals surface area contributed by atoms with Crippen molar-refractivity contribution in [3.8, 4) is 17.2 Å². The highest BCUT2D eigenvalue weighted by Crippen LogP contribution is 2.39. The van der Waals surface area contributed by atoms with E-state index in [4.69, 9.17) is 18.6 Å². The molecule has 2 aliphatic rings. The van der Waals surface area contributed by atoms with Crippen molar-refractivity contribution < 1.29 is 33.6 Å². The standard InChI is InChI=1S/C47H69N3O8/c1-32(2)13-15-35-37(31-51)39(56-28-11-9-19-49-21-17-34(18-22-49)46(54)58-47(5,6)7)30-40-42(35)45(53)43-41(57-40)29-38(36(44(43)52)16-14-33(3)4)55-27-12-10-20-50-25-23-48(8)24-26-50/h13-14,29-30,34,51-52H,9-12,15-28,31H2,1-8H3.